The number of halogens is 1. The van der Waals surface area contributed by atoms with Crippen molar-refractivity contribution in [1.82, 2.24) is 4.98 Å². The van der Waals surface area contributed by atoms with Crippen molar-refractivity contribution in [1.29, 1.82) is 0 Å². The molecule has 0 aliphatic carbocycles. The molecule has 0 saturated carbocycles. The molecule has 1 aromatic rings. The summed E-state index contributed by atoms with van der Waals surface area (Å²) in [6.07, 6.45) is 1.49. The summed E-state index contributed by atoms with van der Waals surface area (Å²) in [7, 11) is 1.28. The van der Waals surface area contributed by atoms with Crippen LogP contribution in [0.5, 0.6) is 0 Å². The van der Waals surface area contributed by atoms with Crippen LogP contribution in [0.3, 0.4) is 0 Å². The minimum Gasteiger partial charge on any atom is -0.468 e. The highest BCUT2D eigenvalue weighted by molar-refractivity contribution is 6.29. The quantitative estimate of drug-likeness (QED) is 0.569. The summed E-state index contributed by atoms with van der Waals surface area (Å²) in [4.78, 5) is 14.8. The minimum atomic E-state index is -0.800. The fraction of sp³-hybridized carbons (Fsp3) is 0.250. The summed E-state index contributed by atoms with van der Waals surface area (Å²) in [5.41, 5.74) is 6.15. The second kappa shape index (κ2) is 4.20. The molecule has 1 atom stereocenters. The maximum absolute atomic E-state index is 11.0. The van der Waals surface area contributed by atoms with E-state index >= 15 is 0 Å². The molecule has 0 fully saturated rings. The van der Waals surface area contributed by atoms with Gasteiger partial charge in [-0.15, -0.1) is 0 Å². The number of hydrogen-bond donors (Lipinski definition) is 1. The standard InChI is InChI=1S/C8H9ClN2O2/c1-13-8(12)7(10)5-2-3-11-6(9)4-5/h2-4,7H,10H2,1H3. The zero-order chi connectivity index (χ0) is 9.84. The van der Waals surface area contributed by atoms with Gasteiger partial charge in [-0.25, -0.2) is 4.98 Å². The Morgan fingerprint density at radius 1 is 1.77 bits per heavy atom. The molecule has 1 rings (SSSR count). The van der Waals surface area contributed by atoms with Gasteiger partial charge in [0.1, 0.15) is 11.2 Å². The molecule has 0 amide bonds. The van der Waals surface area contributed by atoms with Crippen molar-refractivity contribution in [2.75, 3.05) is 7.11 Å². The monoisotopic (exact) mass is 200 g/mol. The van der Waals surface area contributed by atoms with Gasteiger partial charge in [-0.1, -0.05) is 11.6 Å². The largest absolute Gasteiger partial charge is 0.468 e. The lowest BCUT2D eigenvalue weighted by molar-refractivity contribution is -0.142. The molecule has 0 radical (unpaired) electrons. The summed E-state index contributed by atoms with van der Waals surface area (Å²) in [6.45, 7) is 0. The lowest BCUT2D eigenvalue weighted by Crippen LogP contribution is -2.22. The Hall–Kier alpha value is -1.13. The molecule has 70 valence electrons. The van der Waals surface area contributed by atoms with E-state index in [0.717, 1.165) is 0 Å². The highest BCUT2D eigenvalue weighted by Gasteiger charge is 2.15. The van der Waals surface area contributed by atoms with Crippen LogP contribution < -0.4 is 5.73 Å². The van der Waals surface area contributed by atoms with Gasteiger partial charge in [0.05, 0.1) is 7.11 Å². The number of pyridine rings is 1. The predicted molar refractivity (Wildman–Crippen MR) is 48.2 cm³/mol. The highest BCUT2D eigenvalue weighted by atomic mass is 35.5. The molecule has 0 aliphatic rings. The number of ether oxygens (including phenoxy) is 1. The van der Waals surface area contributed by atoms with Gasteiger partial charge in [-0.3, -0.25) is 4.79 Å². The molecule has 1 heterocycles. The molecule has 13 heavy (non-hydrogen) atoms. The van der Waals surface area contributed by atoms with E-state index in [9.17, 15) is 4.79 Å². The van der Waals surface area contributed by atoms with E-state index in [1.54, 1.807) is 6.07 Å². The van der Waals surface area contributed by atoms with Crippen LogP contribution in [0.25, 0.3) is 0 Å². The molecule has 0 spiro atoms. The Morgan fingerprint density at radius 3 is 3.00 bits per heavy atom. The third-order valence-electron chi connectivity index (χ3n) is 1.56. The molecule has 0 aromatic carbocycles. The Balaban J connectivity index is 2.88. The van der Waals surface area contributed by atoms with Crippen LogP contribution >= 0.6 is 11.6 Å². The van der Waals surface area contributed by atoms with Crippen LogP contribution in [0.15, 0.2) is 18.3 Å². The first-order valence-electron chi connectivity index (χ1n) is 3.60. The summed E-state index contributed by atoms with van der Waals surface area (Å²) in [5.74, 6) is -0.498. The van der Waals surface area contributed by atoms with Gasteiger partial charge in [0.2, 0.25) is 0 Å². The van der Waals surface area contributed by atoms with Crippen molar-refractivity contribution in [2.45, 2.75) is 6.04 Å². The summed E-state index contributed by atoms with van der Waals surface area (Å²) in [6, 6.07) is 2.35. The molecule has 2 N–H and O–H groups in total. The number of hydrogen-bond acceptors (Lipinski definition) is 4. The Morgan fingerprint density at radius 2 is 2.46 bits per heavy atom. The third-order valence-corrected chi connectivity index (χ3v) is 1.77. The number of carbonyl (C=O) groups excluding carboxylic acids is 1. The van der Waals surface area contributed by atoms with E-state index in [0.29, 0.717) is 10.7 Å². The van der Waals surface area contributed by atoms with Crippen LogP contribution in [0.4, 0.5) is 0 Å². The van der Waals surface area contributed by atoms with Crippen LogP contribution in [0.1, 0.15) is 11.6 Å². The Bertz CT molecular complexity index is 317. The number of carbonyl (C=O) groups is 1. The fourth-order valence-corrected chi connectivity index (χ4v) is 1.06. The van der Waals surface area contributed by atoms with Crippen molar-refractivity contribution in [3.63, 3.8) is 0 Å². The van der Waals surface area contributed by atoms with Gasteiger partial charge in [-0.2, -0.15) is 0 Å². The number of aromatic nitrogens is 1. The molecular weight excluding hydrogens is 192 g/mol. The van der Waals surface area contributed by atoms with Crippen molar-refractivity contribution in [2.24, 2.45) is 5.73 Å². The van der Waals surface area contributed by atoms with E-state index < -0.39 is 12.0 Å². The SMILES string of the molecule is COC(=O)C(N)c1ccnc(Cl)c1. The maximum atomic E-state index is 11.0. The van der Waals surface area contributed by atoms with Crippen molar-refractivity contribution in [3.8, 4) is 0 Å². The smallest absolute Gasteiger partial charge is 0.327 e. The van der Waals surface area contributed by atoms with Crippen LogP contribution in [0.2, 0.25) is 5.15 Å². The maximum Gasteiger partial charge on any atom is 0.327 e. The lowest BCUT2D eigenvalue weighted by atomic mass is 10.1. The van der Waals surface area contributed by atoms with Crippen LogP contribution in [0, 0.1) is 0 Å². The fourth-order valence-electron chi connectivity index (χ4n) is 0.874. The zero-order valence-electron chi connectivity index (χ0n) is 7.03. The number of rotatable bonds is 2. The first-order valence-corrected chi connectivity index (χ1v) is 3.98. The van der Waals surface area contributed by atoms with Gasteiger partial charge in [-0.05, 0) is 17.7 Å². The average molecular weight is 201 g/mol. The van der Waals surface area contributed by atoms with Gasteiger partial charge in [0.25, 0.3) is 0 Å². The van der Waals surface area contributed by atoms with Crippen LogP contribution in [-0.2, 0) is 9.53 Å². The molecule has 0 saturated heterocycles. The van der Waals surface area contributed by atoms with Gasteiger partial charge < -0.3 is 10.5 Å². The number of nitrogens with zero attached hydrogens (tertiary/aromatic N) is 1. The van der Waals surface area contributed by atoms with Crippen molar-refractivity contribution in [3.05, 3.63) is 29.0 Å². The minimum absolute atomic E-state index is 0.303. The van der Waals surface area contributed by atoms with Gasteiger partial charge >= 0.3 is 5.97 Å². The molecule has 4 nitrogen and oxygen atoms in total. The summed E-state index contributed by atoms with van der Waals surface area (Å²) >= 11 is 5.62. The summed E-state index contributed by atoms with van der Waals surface area (Å²) in [5, 5.41) is 0.303. The second-order valence-electron chi connectivity index (χ2n) is 2.41. The van der Waals surface area contributed by atoms with Crippen molar-refractivity contribution >= 4 is 17.6 Å². The van der Waals surface area contributed by atoms with Gasteiger partial charge in [0, 0.05) is 6.20 Å². The first kappa shape index (κ1) is 9.95. The molecule has 0 bridgehead atoms. The van der Waals surface area contributed by atoms with E-state index in [4.69, 9.17) is 17.3 Å². The number of esters is 1. The normalized spacial score (nSPS) is 12.2. The molecule has 1 aromatic heterocycles. The highest BCUT2D eigenvalue weighted by Crippen LogP contribution is 2.14. The Kier molecular flexibility index (Phi) is 3.22. The van der Waals surface area contributed by atoms with E-state index in [2.05, 4.69) is 9.72 Å². The van der Waals surface area contributed by atoms with Crippen molar-refractivity contribution < 1.29 is 9.53 Å². The summed E-state index contributed by atoms with van der Waals surface area (Å²) < 4.78 is 4.48. The number of nitrogens with two attached hydrogens (primary N) is 1. The first-order chi connectivity index (χ1) is 6.15. The second-order valence-corrected chi connectivity index (χ2v) is 2.80. The molecular formula is C8H9ClN2O2. The van der Waals surface area contributed by atoms with E-state index in [1.165, 1.54) is 19.4 Å². The average Bonchev–Trinajstić information content (AvgIpc) is 2.15. The van der Waals surface area contributed by atoms with Gasteiger partial charge in [0.15, 0.2) is 0 Å². The third kappa shape index (κ3) is 2.40. The molecule has 0 aliphatic heterocycles. The zero-order valence-corrected chi connectivity index (χ0v) is 7.78. The lowest BCUT2D eigenvalue weighted by Gasteiger charge is -2.08. The molecule has 1 unspecified atom stereocenters. The topological polar surface area (TPSA) is 65.2 Å². The van der Waals surface area contributed by atoms with Crippen LogP contribution in [-0.4, -0.2) is 18.1 Å². The van der Waals surface area contributed by atoms with E-state index in [-0.39, 0.29) is 0 Å². The Labute approximate surface area is 80.7 Å². The van der Waals surface area contributed by atoms with E-state index in [1.807, 2.05) is 0 Å². The number of methoxy groups -OCH3 is 1. The molecule has 5 heteroatoms. The predicted octanol–water partition coefficient (Wildman–Crippen LogP) is 0.908.